The van der Waals surface area contributed by atoms with Crippen LogP contribution in [0.3, 0.4) is 0 Å². The van der Waals surface area contributed by atoms with Crippen LogP contribution in [0.4, 0.5) is 0 Å². The number of hydrogen-bond donors (Lipinski definition) is 0. The Morgan fingerprint density at radius 3 is 2.78 bits per heavy atom. The lowest BCUT2D eigenvalue weighted by Crippen LogP contribution is -2.24. The monoisotopic (exact) mass is 469 g/mol. The zero-order valence-corrected chi connectivity index (χ0v) is 19.5. The van der Waals surface area contributed by atoms with Crippen LogP contribution >= 0.6 is 23.4 Å². The van der Waals surface area contributed by atoms with Gasteiger partial charge >= 0.3 is 0 Å². The van der Waals surface area contributed by atoms with Gasteiger partial charge in [-0.25, -0.2) is 9.97 Å². The normalized spacial score (nSPS) is 11.5. The smallest absolute Gasteiger partial charge is 0.262 e. The summed E-state index contributed by atoms with van der Waals surface area (Å²) in [5.41, 5.74) is 1.46. The third-order valence-corrected chi connectivity index (χ3v) is 5.99. The Hall–Kier alpha value is -2.61. The summed E-state index contributed by atoms with van der Waals surface area (Å²) in [7, 11) is 0. The second-order valence-corrected chi connectivity index (χ2v) is 8.94. The first-order chi connectivity index (χ1) is 15.5. The van der Waals surface area contributed by atoms with Crippen LogP contribution in [-0.2, 0) is 17.0 Å². The van der Waals surface area contributed by atoms with Gasteiger partial charge in [-0.15, -0.1) is 0 Å². The average molecular weight is 470 g/mol. The van der Waals surface area contributed by atoms with E-state index in [2.05, 4.69) is 4.98 Å². The quantitative estimate of drug-likeness (QED) is 0.175. The van der Waals surface area contributed by atoms with Crippen LogP contribution < -0.4 is 5.56 Å². The summed E-state index contributed by atoms with van der Waals surface area (Å²) in [5, 5.41) is 1.70. The highest BCUT2D eigenvalue weighted by Crippen LogP contribution is 2.26. The molecule has 0 amide bonds. The Morgan fingerprint density at radius 2 is 2.00 bits per heavy atom. The second kappa shape index (κ2) is 10.3. The van der Waals surface area contributed by atoms with Crippen molar-refractivity contribution >= 4 is 34.3 Å². The summed E-state index contributed by atoms with van der Waals surface area (Å²) >= 11 is 7.55. The molecular weight excluding hydrogens is 446 g/mol. The number of ether oxygens (including phenoxy) is 1. The molecule has 0 atom stereocenters. The standard InChI is InChI=1S/C24H24ClN3O3S/c1-16(2)30-12-6-11-28-23(29)19-10-9-18(25)13-20(19)27-24(28)32-15-22-26-14-21(31-22)17-7-4-3-5-8-17/h3-5,7-10,13-14,16H,6,11-12,15H2,1-2H3. The summed E-state index contributed by atoms with van der Waals surface area (Å²) in [4.78, 5) is 22.3. The molecule has 6 nitrogen and oxygen atoms in total. The zero-order chi connectivity index (χ0) is 22.5. The van der Waals surface area contributed by atoms with Crippen LogP contribution in [0.1, 0.15) is 26.2 Å². The van der Waals surface area contributed by atoms with Crippen molar-refractivity contribution in [3.05, 3.63) is 76.0 Å². The molecule has 32 heavy (non-hydrogen) atoms. The van der Waals surface area contributed by atoms with Crippen LogP contribution in [0.5, 0.6) is 0 Å². The van der Waals surface area contributed by atoms with E-state index in [0.29, 0.717) is 58.1 Å². The van der Waals surface area contributed by atoms with E-state index in [9.17, 15) is 4.79 Å². The van der Waals surface area contributed by atoms with E-state index in [-0.39, 0.29) is 11.7 Å². The Balaban J connectivity index is 1.58. The topological polar surface area (TPSA) is 70.2 Å². The van der Waals surface area contributed by atoms with Crippen molar-refractivity contribution in [1.29, 1.82) is 0 Å². The minimum Gasteiger partial charge on any atom is -0.440 e. The van der Waals surface area contributed by atoms with Gasteiger partial charge in [0.2, 0.25) is 5.89 Å². The van der Waals surface area contributed by atoms with Crippen LogP contribution in [0.2, 0.25) is 5.02 Å². The first-order valence-corrected chi connectivity index (χ1v) is 11.8. The predicted molar refractivity (Wildman–Crippen MR) is 128 cm³/mol. The molecule has 0 N–H and O–H groups in total. The fourth-order valence-corrected chi connectivity index (χ4v) is 4.31. The maximum Gasteiger partial charge on any atom is 0.262 e. The van der Waals surface area contributed by atoms with E-state index in [1.807, 2.05) is 44.2 Å². The first-order valence-electron chi connectivity index (χ1n) is 10.5. The fraction of sp³-hybridized carbons (Fsp3) is 0.292. The molecule has 0 radical (unpaired) electrons. The number of rotatable bonds is 9. The van der Waals surface area contributed by atoms with Crippen molar-refractivity contribution in [2.75, 3.05) is 6.61 Å². The SMILES string of the molecule is CC(C)OCCCn1c(SCc2ncc(-c3ccccc3)o2)nc2cc(Cl)ccc2c1=O. The summed E-state index contributed by atoms with van der Waals surface area (Å²) in [6, 6.07) is 15.0. The van der Waals surface area contributed by atoms with Crippen LogP contribution in [-0.4, -0.2) is 27.2 Å². The molecule has 2 aromatic heterocycles. The molecule has 0 fully saturated rings. The zero-order valence-electron chi connectivity index (χ0n) is 18.0. The van der Waals surface area contributed by atoms with Crippen LogP contribution in [0.25, 0.3) is 22.2 Å². The van der Waals surface area contributed by atoms with Crippen molar-refractivity contribution in [3.63, 3.8) is 0 Å². The molecule has 2 heterocycles. The van der Waals surface area contributed by atoms with Gasteiger partial charge in [0.1, 0.15) is 0 Å². The van der Waals surface area contributed by atoms with Crippen molar-refractivity contribution in [3.8, 4) is 11.3 Å². The molecular formula is C24H24ClN3O3S. The molecule has 0 aliphatic heterocycles. The maximum atomic E-state index is 13.2. The molecule has 166 valence electrons. The molecule has 0 unspecified atom stereocenters. The number of oxazole rings is 1. The van der Waals surface area contributed by atoms with Crippen molar-refractivity contribution in [2.45, 2.75) is 43.8 Å². The molecule has 0 aliphatic carbocycles. The van der Waals surface area contributed by atoms with Gasteiger partial charge in [0.15, 0.2) is 10.9 Å². The highest BCUT2D eigenvalue weighted by Gasteiger charge is 2.14. The van der Waals surface area contributed by atoms with Gasteiger partial charge in [-0.3, -0.25) is 9.36 Å². The van der Waals surface area contributed by atoms with E-state index in [4.69, 9.17) is 25.7 Å². The molecule has 0 saturated carbocycles. The number of nitrogens with zero attached hydrogens (tertiary/aromatic N) is 3. The lowest BCUT2D eigenvalue weighted by molar-refractivity contribution is 0.0743. The molecule has 0 bridgehead atoms. The third kappa shape index (κ3) is 5.41. The maximum absolute atomic E-state index is 13.2. The van der Waals surface area contributed by atoms with Gasteiger partial charge in [-0.1, -0.05) is 53.7 Å². The fourth-order valence-electron chi connectivity index (χ4n) is 3.26. The summed E-state index contributed by atoms with van der Waals surface area (Å²) in [6.45, 7) is 5.08. The molecule has 0 spiro atoms. The van der Waals surface area contributed by atoms with E-state index in [1.165, 1.54) is 11.8 Å². The van der Waals surface area contributed by atoms with Gasteiger partial charge in [0.05, 0.1) is 29.0 Å². The molecule has 4 aromatic rings. The molecule has 4 rings (SSSR count). The number of halogens is 1. The minimum absolute atomic E-state index is 0.0870. The van der Waals surface area contributed by atoms with Crippen molar-refractivity contribution < 1.29 is 9.15 Å². The number of fused-ring (bicyclic) bond motifs is 1. The van der Waals surface area contributed by atoms with E-state index in [0.717, 1.165) is 5.56 Å². The molecule has 8 heteroatoms. The number of thioether (sulfide) groups is 1. The Labute approximate surface area is 195 Å². The Kier molecular flexibility index (Phi) is 7.29. The Morgan fingerprint density at radius 1 is 1.19 bits per heavy atom. The third-order valence-electron chi connectivity index (χ3n) is 4.80. The van der Waals surface area contributed by atoms with Crippen LogP contribution in [0, 0.1) is 0 Å². The molecule has 0 saturated heterocycles. The largest absolute Gasteiger partial charge is 0.440 e. The summed E-state index contributed by atoms with van der Waals surface area (Å²) < 4.78 is 13.2. The number of aromatic nitrogens is 3. The van der Waals surface area contributed by atoms with E-state index >= 15 is 0 Å². The van der Waals surface area contributed by atoms with E-state index in [1.54, 1.807) is 29.0 Å². The minimum atomic E-state index is -0.0870. The molecule has 2 aromatic carbocycles. The average Bonchev–Trinajstić information content (AvgIpc) is 3.26. The van der Waals surface area contributed by atoms with Crippen molar-refractivity contribution in [2.24, 2.45) is 0 Å². The number of hydrogen-bond acceptors (Lipinski definition) is 6. The summed E-state index contributed by atoms with van der Waals surface area (Å²) in [5.74, 6) is 1.74. The highest BCUT2D eigenvalue weighted by molar-refractivity contribution is 7.98. The van der Waals surface area contributed by atoms with Crippen molar-refractivity contribution in [1.82, 2.24) is 14.5 Å². The second-order valence-electron chi connectivity index (χ2n) is 7.56. The van der Waals surface area contributed by atoms with Gasteiger partial charge in [0, 0.05) is 23.7 Å². The highest BCUT2D eigenvalue weighted by atomic mass is 35.5. The lowest BCUT2D eigenvalue weighted by atomic mass is 10.2. The summed E-state index contributed by atoms with van der Waals surface area (Å²) in [6.07, 6.45) is 2.58. The predicted octanol–water partition coefficient (Wildman–Crippen LogP) is 5.81. The Bertz CT molecular complexity index is 1250. The van der Waals surface area contributed by atoms with Gasteiger partial charge in [0.25, 0.3) is 5.56 Å². The van der Waals surface area contributed by atoms with Gasteiger partial charge in [-0.2, -0.15) is 0 Å². The van der Waals surface area contributed by atoms with Gasteiger partial charge in [-0.05, 0) is 38.5 Å². The lowest BCUT2D eigenvalue weighted by Gasteiger charge is -2.13. The first kappa shape index (κ1) is 22.6. The number of benzene rings is 2. The van der Waals surface area contributed by atoms with Crippen LogP contribution in [0.15, 0.2) is 69.1 Å². The van der Waals surface area contributed by atoms with Gasteiger partial charge < -0.3 is 9.15 Å². The molecule has 0 aliphatic rings. The van der Waals surface area contributed by atoms with E-state index < -0.39 is 0 Å².